The van der Waals surface area contributed by atoms with Crippen molar-refractivity contribution in [2.24, 2.45) is 5.92 Å². The molecular formula is C11H20N2. The van der Waals surface area contributed by atoms with Crippen LogP contribution in [-0.2, 0) is 0 Å². The molecule has 0 aliphatic carbocycles. The largest absolute Gasteiger partial charge is 0.288 e. The molecule has 2 nitrogen and oxygen atoms in total. The minimum absolute atomic E-state index is 0.209. The maximum Gasteiger partial charge on any atom is 0.0978 e. The smallest absolute Gasteiger partial charge is 0.0978 e. The van der Waals surface area contributed by atoms with Crippen molar-refractivity contribution in [3.8, 4) is 6.07 Å². The first kappa shape index (κ1) is 10.5. The van der Waals surface area contributed by atoms with Crippen LogP contribution in [0.5, 0.6) is 0 Å². The van der Waals surface area contributed by atoms with Crippen molar-refractivity contribution in [1.29, 1.82) is 5.26 Å². The number of nitrogens with zero attached hydrogens (tertiary/aromatic N) is 2. The maximum atomic E-state index is 8.90. The van der Waals surface area contributed by atoms with Crippen molar-refractivity contribution in [2.45, 2.75) is 45.6 Å². The van der Waals surface area contributed by atoms with E-state index in [-0.39, 0.29) is 6.04 Å². The zero-order valence-corrected chi connectivity index (χ0v) is 8.79. The predicted molar refractivity (Wildman–Crippen MR) is 54.3 cm³/mol. The second kappa shape index (κ2) is 5.24. The molecule has 0 aromatic heterocycles. The minimum atomic E-state index is 0.209. The van der Waals surface area contributed by atoms with Crippen molar-refractivity contribution in [2.75, 3.05) is 13.1 Å². The van der Waals surface area contributed by atoms with E-state index in [0.717, 1.165) is 25.4 Å². The second-order valence-corrected chi connectivity index (χ2v) is 3.96. The van der Waals surface area contributed by atoms with Gasteiger partial charge in [-0.15, -0.1) is 0 Å². The van der Waals surface area contributed by atoms with Gasteiger partial charge in [-0.3, -0.25) is 4.90 Å². The van der Waals surface area contributed by atoms with E-state index in [9.17, 15) is 0 Å². The fraction of sp³-hybridized carbons (Fsp3) is 0.909. The lowest BCUT2D eigenvalue weighted by Gasteiger charge is -2.23. The first-order valence-corrected chi connectivity index (χ1v) is 5.45. The molecule has 1 aliphatic heterocycles. The summed E-state index contributed by atoms with van der Waals surface area (Å²) in [6, 6.07) is 2.60. The molecule has 1 atom stereocenters. The van der Waals surface area contributed by atoms with Crippen LogP contribution in [0.2, 0.25) is 0 Å². The Morgan fingerprint density at radius 1 is 1.46 bits per heavy atom. The molecule has 0 spiro atoms. The van der Waals surface area contributed by atoms with Gasteiger partial charge < -0.3 is 0 Å². The van der Waals surface area contributed by atoms with Gasteiger partial charge >= 0.3 is 0 Å². The molecule has 1 fully saturated rings. The molecule has 2 heteroatoms. The van der Waals surface area contributed by atoms with Crippen LogP contribution in [0.3, 0.4) is 0 Å². The molecule has 0 bridgehead atoms. The van der Waals surface area contributed by atoms with Crippen LogP contribution in [0.1, 0.15) is 39.5 Å². The number of rotatable bonds is 4. The third kappa shape index (κ3) is 2.70. The fourth-order valence-corrected chi connectivity index (χ4v) is 2.07. The third-order valence-corrected chi connectivity index (χ3v) is 3.16. The van der Waals surface area contributed by atoms with Gasteiger partial charge in [0.25, 0.3) is 0 Å². The highest BCUT2D eigenvalue weighted by Crippen LogP contribution is 2.20. The van der Waals surface area contributed by atoms with E-state index < -0.39 is 0 Å². The van der Waals surface area contributed by atoms with Crippen molar-refractivity contribution in [3.05, 3.63) is 0 Å². The van der Waals surface area contributed by atoms with E-state index in [1.165, 1.54) is 19.3 Å². The van der Waals surface area contributed by atoms with Crippen LogP contribution in [0.4, 0.5) is 0 Å². The van der Waals surface area contributed by atoms with Crippen molar-refractivity contribution in [3.63, 3.8) is 0 Å². The molecule has 0 N–H and O–H groups in total. The molecule has 0 amide bonds. The zero-order chi connectivity index (χ0) is 9.68. The average Bonchev–Trinajstić information content (AvgIpc) is 2.61. The van der Waals surface area contributed by atoms with E-state index >= 15 is 0 Å². The molecule has 0 saturated carbocycles. The highest BCUT2D eigenvalue weighted by molar-refractivity contribution is 4.96. The summed E-state index contributed by atoms with van der Waals surface area (Å²) < 4.78 is 0. The number of hydrogen-bond donors (Lipinski definition) is 0. The fourth-order valence-electron chi connectivity index (χ4n) is 2.07. The van der Waals surface area contributed by atoms with Gasteiger partial charge in [0, 0.05) is 6.54 Å². The van der Waals surface area contributed by atoms with Crippen molar-refractivity contribution in [1.82, 2.24) is 4.90 Å². The lowest BCUT2D eigenvalue weighted by Crippen LogP contribution is -2.32. The van der Waals surface area contributed by atoms with E-state index in [2.05, 4.69) is 24.8 Å². The molecule has 1 heterocycles. The maximum absolute atomic E-state index is 8.90. The van der Waals surface area contributed by atoms with Gasteiger partial charge in [-0.25, -0.2) is 0 Å². The van der Waals surface area contributed by atoms with Crippen molar-refractivity contribution >= 4 is 0 Å². The normalized spacial score (nSPS) is 23.7. The number of hydrogen-bond acceptors (Lipinski definition) is 2. The SMILES string of the molecule is CCC(CC)CN1CCCC1C#N. The Balaban J connectivity index is 2.39. The van der Waals surface area contributed by atoms with E-state index in [0.29, 0.717) is 0 Å². The quantitative estimate of drug-likeness (QED) is 0.664. The monoisotopic (exact) mass is 180 g/mol. The minimum Gasteiger partial charge on any atom is -0.288 e. The number of likely N-dealkylation sites (tertiary alicyclic amines) is 1. The summed E-state index contributed by atoms with van der Waals surface area (Å²) in [5.41, 5.74) is 0. The van der Waals surface area contributed by atoms with Crippen LogP contribution in [-0.4, -0.2) is 24.0 Å². The van der Waals surface area contributed by atoms with Crippen LogP contribution < -0.4 is 0 Å². The van der Waals surface area contributed by atoms with Crippen molar-refractivity contribution < 1.29 is 0 Å². The molecule has 74 valence electrons. The summed E-state index contributed by atoms with van der Waals surface area (Å²) in [6.45, 7) is 6.75. The lowest BCUT2D eigenvalue weighted by atomic mass is 10.0. The van der Waals surface area contributed by atoms with Gasteiger partial charge in [-0.2, -0.15) is 5.26 Å². The zero-order valence-electron chi connectivity index (χ0n) is 8.79. The average molecular weight is 180 g/mol. The van der Waals surface area contributed by atoms with Gasteiger partial charge in [0.2, 0.25) is 0 Å². The van der Waals surface area contributed by atoms with E-state index in [1.807, 2.05) is 0 Å². The van der Waals surface area contributed by atoms with Gasteiger partial charge in [0.05, 0.1) is 12.1 Å². The topological polar surface area (TPSA) is 27.0 Å². The summed E-state index contributed by atoms with van der Waals surface area (Å²) in [6.07, 6.45) is 4.77. The Morgan fingerprint density at radius 2 is 2.15 bits per heavy atom. The van der Waals surface area contributed by atoms with Crippen LogP contribution in [0.25, 0.3) is 0 Å². The first-order chi connectivity index (χ1) is 6.31. The lowest BCUT2D eigenvalue weighted by molar-refractivity contribution is 0.237. The van der Waals surface area contributed by atoms with Crippen LogP contribution in [0, 0.1) is 17.2 Å². The van der Waals surface area contributed by atoms with Gasteiger partial charge in [0.15, 0.2) is 0 Å². The second-order valence-electron chi connectivity index (χ2n) is 3.96. The highest BCUT2D eigenvalue weighted by Gasteiger charge is 2.25. The summed E-state index contributed by atoms with van der Waals surface area (Å²) in [5, 5.41) is 8.90. The molecule has 1 unspecified atom stereocenters. The highest BCUT2D eigenvalue weighted by atomic mass is 15.2. The Labute approximate surface area is 81.5 Å². The molecule has 0 radical (unpaired) electrons. The Hall–Kier alpha value is -0.550. The predicted octanol–water partition coefficient (Wildman–Crippen LogP) is 2.41. The first-order valence-electron chi connectivity index (χ1n) is 5.45. The Morgan fingerprint density at radius 3 is 2.69 bits per heavy atom. The summed E-state index contributed by atoms with van der Waals surface area (Å²) in [7, 11) is 0. The standard InChI is InChI=1S/C11H20N2/c1-3-10(4-2)9-13-7-5-6-11(13)8-12/h10-11H,3-7,9H2,1-2H3. The summed E-state index contributed by atoms with van der Waals surface area (Å²) in [4.78, 5) is 2.36. The van der Waals surface area contributed by atoms with Gasteiger partial charge in [-0.05, 0) is 25.3 Å². The van der Waals surface area contributed by atoms with E-state index in [4.69, 9.17) is 5.26 Å². The summed E-state index contributed by atoms with van der Waals surface area (Å²) in [5.74, 6) is 0.786. The van der Waals surface area contributed by atoms with E-state index in [1.54, 1.807) is 0 Å². The molecular weight excluding hydrogens is 160 g/mol. The molecule has 13 heavy (non-hydrogen) atoms. The Bertz CT molecular complexity index is 179. The number of nitriles is 1. The molecule has 1 saturated heterocycles. The van der Waals surface area contributed by atoms with Gasteiger partial charge in [0.1, 0.15) is 0 Å². The molecule has 1 rings (SSSR count). The summed E-state index contributed by atoms with van der Waals surface area (Å²) >= 11 is 0. The molecule has 0 aromatic carbocycles. The van der Waals surface area contributed by atoms with Gasteiger partial charge in [-0.1, -0.05) is 26.7 Å². The van der Waals surface area contributed by atoms with Crippen LogP contribution in [0.15, 0.2) is 0 Å². The third-order valence-electron chi connectivity index (χ3n) is 3.16. The van der Waals surface area contributed by atoms with Crippen LogP contribution >= 0.6 is 0 Å². The molecule has 1 aliphatic rings. The Kier molecular flexibility index (Phi) is 4.24. The molecule has 0 aromatic rings.